The molecule has 0 unspecified atom stereocenters. The van der Waals surface area contributed by atoms with Crippen LogP contribution >= 0.6 is 0 Å². The first kappa shape index (κ1) is 19.9. The van der Waals surface area contributed by atoms with Gasteiger partial charge in [-0.15, -0.1) is 0 Å². The Morgan fingerprint density at radius 3 is 2.26 bits per heavy atom. The molecule has 0 spiro atoms. The molecule has 1 fully saturated rings. The third-order valence-corrected chi connectivity index (χ3v) is 6.70. The molecule has 150 valence electrons. The summed E-state index contributed by atoms with van der Waals surface area (Å²) >= 11 is 0. The Morgan fingerprint density at radius 1 is 1.07 bits per heavy atom. The molecular formula is C19H28N2O5S. The summed E-state index contributed by atoms with van der Waals surface area (Å²) in [7, 11) is -3.85. The van der Waals surface area contributed by atoms with E-state index in [2.05, 4.69) is 4.72 Å². The summed E-state index contributed by atoms with van der Waals surface area (Å²) in [6.45, 7) is 5.46. The molecule has 2 aliphatic rings. The first-order valence-electron chi connectivity index (χ1n) is 9.71. The molecule has 8 heteroatoms. The second-order valence-corrected chi connectivity index (χ2v) is 8.61. The van der Waals surface area contributed by atoms with E-state index < -0.39 is 10.0 Å². The summed E-state index contributed by atoms with van der Waals surface area (Å²) in [5, 5.41) is 0. The quantitative estimate of drug-likeness (QED) is 0.799. The standard InChI is InChI=1S/C19H28N2O5S/c1-3-21(4-2)19(22)15-12-16-17(26-11-10-25-16)13-18(15)27(23,24)20-14-8-6-5-7-9-14/h12-14,20H,3-11H2,1-2H3. The van der Waals surface area contributed by atoms with E-state index >= 15 is 0 Å². The van der Waals surface area contributed by atoms with Crippen LogP contribution in [0.25, 0.3) is 0 Å². The number of amides is 1. The number of benzene rings is 1. The van der Waals surface area contributed by atoms with Crippen LogP contribution in [0.3, 0.4) is 0 Å². The van der Waals surface area contributed by atoms with Gasteiger partial charge in [-0.2, -0.15) is 0 Å². The van der Waals surface area contributed by atoms with Gasteiger partial charge < -0.3 is 14.4 Å². The Balaban J connectivity index is 2.01. The SMILES string of the molecule is CCN(CC)C(=O)c1cc2c(cc1S(=O)(=O)NC1CCCCC1)OCCO2. The minimum Gasteiger partial charge on any atom is -0.486 e. The van der Waals surface area contributed by atoms with Crippen molar-refractivity contribution in [3.63, 3.8) is 0 Å². The van der Waals surface area contributed by atoms with Gasteiger partial charge in [0.1, 0.15) is 13.2 Å². The van der Waals surface area contributed by atoms with Gasteiger partial charge in [-0.3, -0.25) is 4.79 Å². The molecule has 1 aliphatic carbocycles. The average molecular weight is 397 g/mol. The molecule has 7 nitrogen and oxygen atoms in total. The van der Waals surface area contributed by atoms with Crippen LogP contribution in [0.1, 0.15) is 56.3 Å². The topological polar surface area (TPSA) is 84.9 Å². The van der Waals surface area contributed by atoms with Crippen molar-refractivity contribution in [3.8, 4) is 11.5 Å². The predicted octanol–water partition coefficient (Wildman–Crippen LogP) is 2.55. The van der Waals surface area contributed by atoms with Gasteiger partial charge in [0.05, 0.1) is 10.5 Å². The van der Waals surface area contributed by atoms with Crippen molar-refractivity contribution in [3.05, 3.63) is 17.7 Å². The number of fused-ring (bicyclic) bond motifs is 1. The highest BCUT2D eigenvalue weighted by atomic mass is 32.2. The van der Waals surface area contributed by atoms with E-state index in [1.54, 1.807) is 4.90 Å². The zero-order valence-corrected chi connectivity index (χ0v) is 16.8. The van der Waals surface area contributed by atoms with Crippen molar-refractivity contribution in [2.75, 3.05) is 26.3 Å². The largest absolute Gasteiger partial charge is 0.486 e. The lowest BCUT2D eigenvalue weighted by Gasteiger charge is -2.26. The maximum Gasteiger partial charge on any atom is 0.255 e. The monoisotopic (exact) mass is 396 g/mol. The summed E-state index contributed by atoms with van der Waals surface area (Å²) < 4.78 is 40.2. The maximum absolute atomic E-state index is 13.1. The highest BCUT2D eigenvalue weighted by Crippen LogP contribution is 2.36. The van der Waals surface area contributed by atoms with Gasteiger partial charge in [-0.05, 0) is 32.8 Å². The highest BCUT2D eigenvalue weighted by Gasteiger charge is 2.30. The van der Waals surface area contributed by atoms with Crippen molar-refractivity contribution in [2.24, 2.45) is 0 Å². The van der Waals surface area contributed by atoms with Gasteiger partial charge in [-0.1, -0.05) is 19.3 Å². The van der Waals surface area contributed by atoms with E-state index in [-0.39, 0.29) is 22.4 Å². The molecule has 3 rings (SSSR count). The molecule has 1 heterocycles. The van der Waals surface area contributed by atoms with E-state index in [0.29, 0.717) is 37.8 Å². The second-order valence-electron chi connectivity index (χ2n) is 6.93. The molecule has 1 aromatic carbocycles. The first-order chi connectivity index (χ1) is 13.0. The zero-order valence-electron chi connectivity index (χ0n) is 16.0. The molecule has 27 heavy (non-hydrogen) atoms. The number of rotatable bonds is 6. The van der Waals surface area contributed by atoms with Crippen LogP contribution in [-0.2, 0) is 10.0 Å². The Kier molecular flexibility index (Phi) is 6.26. The molecule has 1 N–H and O–H groups in total. The first-order valence-corrected chi connectivity index (χ1v) is 11.2. The maximum atomic E-state index is 13.1. The predicted molar refractivity (Wildman–Crippen MR) is 102 cm³/mol. The molecular weight excluding hydrogens is 368 g/mol. The van der Waals surface area contributed by atoms with Crippen LogP contribution in [0, 0.1) is 0 Å². The number of ether oxygens (including phenoxy) is 2. The third kappa shape index (κ3) is 4.38. The van der Waals surface area contributed by atoms with Crippen LogP contribution in [0.15, 0.2) is 17.0 Å². The van der Waals surface area contributed by atoms with Crippen molar-refractivity contribution >= 4 is 15.9 Å². The normalized spacial score (nSPS) is 17.6. The lowest BCUT2D eigenvalue weighted by atomic mass is 9.96. The molecule has 1 amide bonds. The molecule has 1 saturated carbocycles. The minimum absolute atomic E-state index is 0.0331. The molecule has 0 saturated heterocycles. The van der Waals surface area contributed by atoms with Crippen LogP contribution in [0.4, 0.5) is 0 Å². The van der Waals surface area contributed by atoms with Crippen LogP contribution in [-0.4, -0.2) is 51.6 Å². The zero-order chi connectivity index (χ0) is 19.4. The van der Waals surface area contributed by atoms with Gasteiger partial charge in [0.15, 0.2) is 11.5 Å². The van der Waals surface area contributed by atoms with E-state index in [0.717, 1.165) is 32.1 Å². The number of hydrogen-bond donors (Lipinski definition) is 1. The summed E-state index contributed by atoms with van der Waals surface area (Å²) in [5.41, 5.74) is 0.131. The summed E-state index contributed by atoms with van der Waals surface area (Å²) in [6.07, 6.45) is 4.80. The number of nitrogens with zero attached hydrogens (tertiary/aromatic N) is 1. The molecule has 1 aromatic rings. The molecule has 0 bridgehead atoms. The summed E-state index contributed by atoms with van der Waals surface area (Å²) in [4.78, 5) is 14.6. The van der Waals surface area contributed by atoms with Crippen molar-refractivity contribution in [1.82, 2.24) is 9.62 Å². The number of hydrogen-bond acceptors (Lipinski definition) is 5. The minimum atomic E-state index is -3.85. The Labute approximate surface area is 161 Å². The van der Waals surface area contributed by atoms with E-state index in [1.807, 2.05) is 13.8 Å². The van der Waals surface area contributed by atoms with E-state index in [4.69, 9.17) is 9.47 Å². The fourth-order valence-corrected chi connectivity index (χ4v) is 5.14. The van der Waals surface area contributed by atoms with Crippen LogP contribution in [0.2, 0.25) is 0 Å². The number of sulfonamides is 1. The van der Waals surface area contributed by atoms with Gasteiger partial charge in [0, 0.05) is 25.2 Å². The Morgan fingerprint density at radius 2 is 1.67 bits per heavy atom. The second kappa shape index (κ2) is 8.48. The summed E-state index contributed by atoms with van der Waals surface area (Å²) in [5.74, 6) is 0.454. The molecule has 0 aromatic heterocycles. The number of carbonyl (C=O) groups is 1. The number of nitrogens with one attached hydrogen (secondary N) is 1. The van der Waals surface area contributed by atoms with Gasteiger partial charge in [0.25, 0.3) is 5.91 Å². The highest BCUT2D eigenvalue weighted by molar-refractivity contribution is 7.89. The van der Waals surface area contributed by atoms with Crippen molar-refractivity contribution in [1.29, 1.82) is 0 Å². The van der Waals surface area contributed by atoms with Crippen LogP contribution < -0.4 is 14.2 Å². The summed E-state index contributed by atoms with van der Waals surface area (Å²) in [6, 6.07) is 2.84. The smallest absolute Gasteiger partial charge is 0.255 e. The average Bonchev–Trinajstić information content (AvgIpc) is 2.68. The fourth-order valence-electron chi connectivity index (χ4n) is 3.64. The van der Waals surface area contributed by atoms with E-state index in [1.165, 1.54) is 12.1 Å². The Bertz CT molecular complexity index is 784. The Hall–Kier alpha value is -1.80. The molecule has 1 aliphatic heterocycles. The number of carbonyl (C=O) groups excluding carboxylic acids is 1. The third-order valence-electron chi connectivity index (χ3n) is 5.14. The van der Waals surface area contributed by atoms with Crippen molar-refractivity contribution in [2.45, 2.75) is 56.9 Å². The van der Waals surface area contributed by atoms with E-state index in [9.17, 15) is 13.2 Å². The lowest BCUT2D eigenvalue weighted by Crippen LogP contribution is -2.38. The molecule has 0 atom stereocenters. The van der Waals surface area contributed by atoms with Gasteiger partial charge in [-0.25, -0.2) is 13.1 Å². The van der Waals surface area contributed by atoms with Crippen LogP contribution in [0.5, 0.6) is 11.5 Å². The lowest BCUT2D eigenvalue weighted by molar-refractivity contribution is 0.0767. The van der Waals surface area contributed by atoms with Crippen molar-refractivity contribution < 1.29 is 22.7 Å². The molecule has 0 radical (unpaired) electrons. The fraction of sp³-hybridized carbons (Fsp3) is 0.632. The van der Waals surface area contributed by atoms with Gasteiger partial charge in [0.2, 0.25) is 10.0 Å². The van der Waals surface area contributed by atoms with Gasteiger partial charge >= 0.3 is 0 Å².